The third kappa shape index (κ3) is 3.55. The highest BCUT2D eigenvalue weighted by Gasteiger charge is 2.12. The molecule has 0 amide bonds. The Labute approximate surface area is 119 Å². The van der Waals surface area contributed by atoms with E-state index in [1.54, 1.807) is 0 Å². The number of benzene rings is 1. The normalized spacial score (nSPS) is 14.3. The molecule has 5 heteroatoms. The minimum Gasteiger partial charge on any atom is -0.314 e. The van der Waals surface area contributed by atoms with Gasteiger partial charge in [0.05, 0.1) is 6.54 Å². The summed E-state index contributed by atoms with van der Waals surface area (Å²) >= 11 is 0. The quantitative estimate of drug-likeness (QED) is 0.928. The summed E-state index contributed by atoms with van der Waals surface area (Å²) in [5.41, 5.74) is 1.35. The van der Waals surface area contributed by atoms with E-state index < -0.39 is 0 Å². The molecule has 0 radical (unpaired) electrons. The summed E-state index contributed by atoms with van der Waals surface area (Å²) in [6, 6.07) is 10.5. The first-order valence-corrected chi connectivity index (χ1v) is 6.59. The Bertz CT molecular complexity index is 486. The Morgan fingerprint density at radius 2 is 1.95 bits per heavy atom. The highest BCUT2D eigenvalue weighted by Crippen LogP contribution is 2.07. The predicted molar refractivity (Wildman–Crippen MR) is 77.7 cm³/mol. The molecule has 1 aliphatic heterocycles. The van der Waals surface area contributed by atoms with Gasteiger partial charge >= 0.3 is 0 Å². The van der Waals surface area contributed by atoms with Crippen molar-refractivity contribution in [3.63, 3.8) is 0 Å². The van der Waals surface area contributed by atoms with E-state index in [-0.39, 0.29) is 12.4 Å². The topological polar surface area (TPSA) is 42.7 Å². The van der Waals surface area contributed by atoms with Crippen LogP contribution in [0, 0.1) is 0 Å². The second-order valence-electron chi connectivity index (χ2n) is 4.65. The molecule has 0 spiro atoms. The Kier molecular flexibility index (Phi) is 4.93. The first-order chi connectivity index (χ1) is 8.92. The minimum absolute atomic E-state index is 0. The number of rotatable bonds is 3. The monoisotopic (exact) mass is 278 g/mol. The van der Waals surface area contributed by atoms with E-state index in [0.29, 0.717) is 0 Å². The number of aromatic nitrogens is 3. The fourth-order valence-electron chi connectivity index (χ4n) is 2.31. The van der Waals surface area contributed by atoms with Crippen LogP contribution < -0.4 is 5.32 Å². The second-order valence-corrected chi connectivity index (χ2v) is 4.65. The highest BCUT2D eigenvalue weighted by atomic mass is 35.5. The fourth-order valence-corrected chi connectivity index (χ4v) is 2.31. The lowest BCUT2D eigenvalue weighted by molar-refractivity contribution is 0.581. The molecule has 2 aromatic rings. The molecule has 3 rings (SSSR count). The average molecular weight is 279 g/mol. The van der Waals surface area contributed by atoms with Crippen molar-refractivity contribution >= 4 is 12.4 Å². The van der Waals surface area contributed by atoms with Crippen LogP contribution in [0.15, 0.2) is 30.3 Å². The predicted octanol–water partition coefficient (Wildman–Crippen LogP) is 1.63. The molecule has 0 saturated carbocycles. The lowest BCUT2D eigenvalue weighted by Gasteiger charge is -1.99. The van der Waals surface area contributed by atoms with Crippen LogP contribution in [0.3, 0.4) is 0 Å². The molecule has 1 N–H and O–H groups in total. The van der Waals surface area contributed by atoms with Crippen LogP contribution in [0.25, 0.3) is 0 Å². The van der Waals surface area contributed by atoms with E-state index in [2.05, 4.69) is 44.3 Å². The molecule has 1 aromatic carbocycles. The van der Waals surface area contributed by atoms with Gasteiger partial charge in [0.15, 0.2) is 5.82 Å². The van der Waals surface area contributed by atoms with Gasteiger partial charge in [0.1, 0.15) is 5.82 Å². The van der Waals surface area contributed by atoms with Gasteiger partial charge in [-0.25, -0.2) is 9.67 Å². The number of hydrogen-bond acceptors (Lipinski definition) is 3. The maximum absolute atomic E-state index is 4.64. The van der Waals surface area contributed by atoms with Crippen molar-refractivity contribution in [2.75, 3.05) is 13.1 Å². The number of halogens is 1. The van der Waals surface area contributed by atoms with Crippen LogP contribution in [-0.4, -0.2) is 27.9 Å². The summed E-state index contributed by atoms with van der Waals surface area (Å²) in [6.45, 7) is 2.94. The van der Waals surface area contributed by atoms with Gasteiger partial charge in [0, 0.05) is 25.9 Å². The summed E-state index contributed by atoms with van der Waals surface area (Å²) in [6.07, 6.45) is 2.93. The van der Waals surface area contributed by atoms with Crippen molar-refractivity contribution in [3.05, 3.63) is 47.5 Å². The molecule has 0 saturated heterocycles. The molecule has 1 aromatic heterocycles. The van der Waals surface area contributed by atoms with Crippen molar-refractivity contribution < 1.29 is 0 Å². The standard InChI is InChI=1S/C14H18N4.ClH/c1-2-4-12(5-3-1)6-7-13-16-14-8-9-15-10-11-18(14)17-13;/h1-5,15H,6-11H2;1H. The van der Waals surface area contributed by atoms with Crippen LogP contribution in [0.4, 0.5) is 0 Å². The van der Waals surface area contributed by atoms with Gasteiger partial charge < -0.3 is 5.32 Å². The number of hydrogen-bond donors (Lipinski definition) is 1. The first-order valence-electron chi connectivity index (χ1n) is 6.59. The van der Waals surface area contributed by atoms with E-state index >= 15 is 0 Å². The molecule has 102 valence electrons. The van der Waals surface area contributed by atoms with Gasteiger partial charge in [-0.2, -0.15) is 5.10 Å². The van der Waals surface area contributed by atoms with Gasteiger partial charge in [0.2, 0.25) is 0 Å². The second kappa shape index (κ2) is 6.68. The molecule has 19 heavy (non-hydrogen) atoms. The Hall–Kier alpha value is -1.39. The van der Waals surface area contributed by atoms with Gasteiger partial charge in [-0.15, -0.1) is 12.4 Å². The number of aryl methyl sites for hydroxylation is 2. The zero-order chi connectivity index (χ0) is 12.2. The van der Waals surface area contributed by atoms with Crippen molar-refractivity contribution in [2.24, 2.45) is 0 Å². The Balaban J connectivity index is 0.00000133. The molecule has 0 atom stereocenters. The van der Waals surface area contributed by atoms with Crippen molar-refractivity contribution in [1.82, 2.24) is 20.1 Å². The van der Waals surface area contributed by atoms with E-state index in [9.17, 15) is 0 Å². The molecule has 0 bridgehead atoms. The maximum atomic E-state index is 4.64. The third-order valence-electron chi connectivity index (χ3n) is 3.30. The Morgan fingerprint density at radius 1 is 1.11 bits per heavy atom. The van der Waals surface area contributed by atoms with Crippen LogP contribution in [0.1, 0.15) is 17.2 Å². The summed E-state index contributed by atoms with van der Waals surface area (Å²) in [5.74, 6) is 2.11. The minimum atomic E-state index is 0. The molecular weight excluding hydrogens is 260 g/mol. The first kappa shape index (κ1) is 14.0. The molecule has 2 heterocycles. The van der Waals surface area contributed by atoms with Crippen molar-refractivity contribution in [2.45, 2.75) is 25.8 Å². The zero-order valence-corrected chi connectivity index (χ0v) is 11.7. The summed E-state index contributed by atoms with van der Waals surface area (Å²) < 4.78 is 2.06. The molecule has 0 unspecified atom stereocenters. The van der Waals surface area contributed by atoms with Gasteiger partial charge in [-0.05, 0) is 12.0 Å². The summed E-state index contributed by atoms with van der Waals surface area (Å²) in [5, 5.41) is 7.95. The molecule has 4 nitrogen and oxygen atoms in total. The van der Waals surface area contributed by atoms with Crippen LogP contribution in [-0.2, 0) is 25.8 Å². The fraction of sp³-hybridized carbons (Fsp3) is 0.429. The number of fused-ring (bicyclic) bond motifs is 1. The SMILES string of the molecule is Cl.c1ccc(CCc2nc3n(n2)CCNCC3)cc1. The van der Waals surface area contributed by atoms with Gasteiger partial charge in [-0.1, -0.05) is 30.3 Å². The summed E-state index contributed by atoms with van der Waals surface area (Å²) in [4.78, 5) is 4.64. The zero-order valence-electron chi connectivity index (χ0n) is 10.9. The van der Waals surface area contributed by atoms with Crippen molar-refractivity contribution in [3.8, 4) is 0 Å². The smallest absolute Gasteiger partial charge is 0.151 e. The van der Waals surface area contributed by atoms with E-state index in [1.807, 2.05) is 6.07 Å². The van der Waals surface area contributed by atoms with E-state index in [4.69, 9.17) is 0 Å². The van der Waals surface area contributed by atoms with Gasteiger partial charge in [-0.3, -0.25) is 0 Å². The highest BCUT2D eigenvalue weighted by molar-refractivity contribution is 5.85. The molecule has 0 fully saturated rings. The Morgan fingerprint density at radius 3 is 2.79 bits per heavy atom. The number of nitrogens with one attached hydrogen (secondary N) is 1. The molecular formula is C14H19ClN4. The van der Waals surface area contributed by atoms with E-state index in [0.717, 1.165) is 50.5 Å². The van der Waals surface area contributed by atoms with Crippen LogP contribution in [0.5, 0.6) is 0 Å². The average Bonchev–Trinajstić information content (AvgIpc) is 2.68. The third-order valence-corrected chi connectivity index (χ3v) is 3.30. The van der Waals surface area contributed by atoms with Crippen LogP contribution >= 0.6 is 12.4 Å². The largest absolute Gasteiger partial charge is 0.314 e. The number of nitrogens with zero attached hydrogens (tertiary/aromatic N) is 3. The lowest BCUT2D eigenvalue weighted by atomic mass is 10.1. The van der Waals surface area contributed by atoms with E-state index in [1.165, 1.54) is 5.56 Å². The summed E-state index contributed by atoms with van der Waals surface area (Å²) in [7, 11) is 0. The molecule has 0 aliphatic carbocycles. The maximum Gasteiger partial charge on any atom is 0.151 e. The molecule has 1 aliphatic rings. The van der Waals surface area contributed by atoms with Gasteiger partial charge in [0.25, 0.3) is 0 Å². The lowest BCUT2D eigenvalue weighted by Crippen LogP contribution is -2.18. The van der Waals surface area contributed by atoms with Crippen LogP contribution in [0.2, 0.25) is 0 Å². The van der Waals surface area contributed by atoms with Crippen molar-refractivity contribution in [1.29, 1.82) is 0 Å².